The first kappa shape index (κ1) is 16.3. The van der Waals surface area contributed by atoms with E-state index < -0.39 is 0 Å². The van der Waals surface area contributed by atoms with Gasteiger partial charge in [-0.3, -0.25) is 10.1 Å². The minimum Gasteiger partial charge on any atom is -0.327 e. The Balaban J connectivity index is 0.00000161. The molecule has 0 aromatic carbocycles. The average molecular weight is 346 g/mol. The number of halogens is 1. The Morgan fingerprint density at radius 1 is 1.52 bits per heavy atom. The highest BCUT2D eigenvalue weighted by Crippen LogP contribution is 2.29. The van der Waals surface area contributed by atoms with Crippen LogP contribution in [-0.4, -0.2) is 26.5 Å². The number of amides is 1. The van der Waals surface area contributed by atoms with Crippen LogP contribution in [0.2, 0.25) is 0 Å². The number of carbonyl (C=O) groups excluding carboxylic acids is 1. The van der Waals surface area contributed by atoms with Crippen molar-refractivity contribution in [2.45, 2.75) is 38.6 Å². The van der Waals surface area contributed by atoms with Gasteiger partial charge in [-0.2, -0.15) is 0 Å². The van der Waals surface area contributed by atoms with Crippen molar-refractivity contribution < 1.29 is 4.79 Å². The molecular formula is C12H16ClN5OS2. The van der Waals surface area contributed by atoms with E-state index in [1.165, 1.54) is 16.2 Å². The number of thiazole rings is 1. The summed E-state index contributed by atoms with van der Waals surface area (Å²) in [6.45, 7) is 1.96. The summed E-state index contributed by atoms with van der Waals surface area (Å²) < 4.78 is 3.83. The molecule has 9 heteroatoms. The second-order valence-corrected chi connectivity index (χ2v) is 6.59. The molecule has 1 aliphatic rings. The van der Waals surface area contributed by atoms with E-state index in [1.807, 2.05) is 6.92 Å². The van der Waals surface area contributed by atoms with Crippen molar-refractivity contribution in [2.75, 3.05) is 5.32 Å². The molecule has 0 aliphatic heterocycles. The molecule has 0 radical (unpaired) electrons. The number of hydrogen-bond donors (Lipinski definition) is 2. The molecule has 0 spiro atoms. The summed E-state index contributed by atoms with van der Waals surface area (Å²) in [5.41, 5.74) is 7.76. The minimum atomic E-state index is -0.174. The van der Waals surface area contributed by atoms with E-state index in [0.717, 1.165) is 42.2 Å². The summed E-state index contributed by atoms with van der Waals surface area (Å²) in [7, 11) is 0. The van der Waals surface area contributed by atoms with Crippen molar-refractivity contribution in [3.8, 4) is 0 Å². The fourth-order valence-corrected chi connectivity index (χ4v) is 3.96. The topological polar surface area (TPSA) is 93.8 Å². The molecule has 2 aromatic heterocycles. The standard InChI is InChI=1S/C12H15N5OS2.ClH/c1-2-7-10(20-17-16-7)11(18)15-12-14-8-4-3-6(13)5-9(8)19-12;/h6H,2-5,13H2,1H3,(H,14,15,18);1H/t6-;/m0./s1. The smallest absolute Gasteiger partial charge is 0.271 e. The summed E-state index contributed by atoms with van der Waals surface area (Å²) in [6.07, 6.45) is 3.40. The molecule has 21 heavy (non-hydrogen) atoms. The molecule has 0 saturated carbocycles. The zero-order chi connectivity index (χ0) is 14.1. The van der Waals surface area contributed by atoms with Crippen molar-refractivity contribution in [1.82, 2.24) is 14.6 Å². The van der Waals surface area contributed by atoms with Crippen LogP contribution in [0, 0.1) is 0 Å². The molecule has 0 bridgehead atoms. The van der Waals surface area contributed by atoms with Crippen LogP contribution in [0.3, 0.4) is 0 Å². The third kappa shape index (κ3) is 3.39. The molecule has 0 unspecified atom stereocenters. The van der Waals surface area contributed by atoms with E-state index in [9.17, 15) is 4.79 Å². The van der Waals surface area contributed by atoms with E-state index in [2.05, 4.69) is 19.9 Å². The second-order valence-electron chi connectivity index (χ2n) is 4.75. The molecule has 6 nitrogen and oxygen atoms in total. The number of anilines is 1. The van der Waals surface area contributed by atoms with Gasteiger partial charge in [0.1, 0.15) is 4.88 Å². The van der Waals surface area contributed by atoms with Crippen LogP contribution >= 0.6 is 35.3 Å². The van der Waals surface area contributed by atoms with Gasteiger partial charge in [-0.25, -0.2) is 4.98 Å². The van der Waals surface area contributed by atoms with E-state index in [1.54, 1.807) is 0 Å². The maximum Gasteiger partial charge on any atom is 0.271 e. The fraction of sp³-hybridized carbons (Fsp3) is 0.500. The van der Waals surface area contributed by atoms with Crippen LogP contribution in [0.4, 0.5) is 5.13 Å². The number of nitrogens with one attached hydrogen (secondary N) is 1. The number of rotatable bonds is 3. The van der Waals surface area contributed by atoms with Gasteiger partial charge in [0.2, 0.25) is 0 Å². The summed E-state index contributed by atoms with van der Waals surface area (Å²) in [5, 5.41) is 7.44. The zero-order valence-electron chi connectivity index (χ0n) is 11.5. The molecule has 3 N–H and O–H groups in total. The number of aromatic nitrogens is 3. The number of nitrogens with zero attached hydrogens (tertiary/aromatic N) is 3. The molecule has 1 aliphatic carbocycles. The van der Waals surface area contributed by atoms with E-state index in [0.29, 0.717) is 16.4 Å². The fourth-order valence-electron chi connectivity index (χ4n) is 2.22. The lowest BCUT2D eigenvalue weighted by Gasteiger charge is -2.15. The molecule has 1 amide bonds. The number of carbonyl (C=O) groups is 1. The van der Waals surface area contributed by atoms with Crippen LogP contribution < -0.4 is 11.1 Å². The number of hydrogen-bond acceptors (Lipinski definition) is 7. The number of fused-ring (bicyclic) bond motifs is 1. The third-order valence-corrected chi connectivity index (χ3v) is 5.10. The molecule has 3 rings (SSSR count). The molecule has 2 aromatic rings. The van der Waals surface area contributed by atoms with Crippen molar-refractivity contribution in [3.05, 3.63) is 21.1 Å². The maximum atomic E-state index is 12.2. The van der Waals surface area contributed by atoms with Crippen LogP contribution in [0.25, 0.3) is 0 Å². The average Bonchev–Trinajstić information content (AvgIpc) is 3.03. The molecule has 114 valence electrons. The van der Waals surface area contributed by atoms with Gasteiger partial charge in [0.25, 0.3) is 5.91 Å². The Morgan fingerprint density at radius 2 is 2.33 bits per heavy atom. The lowest BCUT2D eigenvalue weighted by atomic mass is 9.99. The molecule has 0 fully saturated rings. The Kier molecular flexibility index (Phi) is 5.26. The molecular weight excluding hydrogens is 330 g/mol. The van der Waals surface area contributed by atoms with Crippen molar-refractivity contribution >= 4 is 46.3 Å². The number of aryl methyl sites for hydroxylation is 2. The van der Waals surface area contributed by atoms with Gasteiger partial charge in [-0.1, -0.05) is 11.4 Å². The summed E-state index contributed by atoms with van der Waals surface area (Å²) in [4.78, 5) is 18.4. The van der Waals surface area contributed by atoms with Crippen LogP contribution in [0.5, 0.6) is 0 Å². The monoisotopic (exact) mass is 345 g/mol. The summed E-state index contributed by atoms with van der Waals surface area (Å²) in [5.74, 6) is -0.174. The lowest BCUT2D eigenvalue weighted by molar-refractivity contribution is 0.102. The van der Waals surface area contributed by atoms with Crippen molar-refractivity contribution in [3.63, 3.8) is 0 Å². The van der Waals surface area contributed by atoms with E-state index in [4.69, 9.17) is 5.73 Å². The molecule has 1 atom stereocenters. The van der Waals surface area contributed by atoms with Gasteiger partial charge in [0.05, 0.1) is 11.4 Å². The second kappa shape index (κ2) is 6.78. The Labute approximate surface area is 136 Å². The van der Waals surface area contributed by atoms with Gasteiger partial charge >= 0.3 is 0 Å². The van der Waals surface area contributed by atoms with E-state index in [-0.39, 0.29) is 24.4 Å². The normalized spacial score (nSPS) is 17.0. The minimum absolute atomic E-state index is 0. The Hall–Kier alpha value is -1.09. The van der Waals surface area contributed by atoms with Gasteiger partial charge in [-0.05, 0) is 37.2 Å². The Morgan fingerprint density at radius 3 is 3.10 bits per heavy atom. The summed E-state index contributed by atoms with van der Waals surface area (Å²) in [6, 6.07) is 0.212. The van der Waals surface area contributed by atoms with Gasteiger partial charge < -0.3 is 5.73 Å². The van der Waals surface area contributed by atoms with E-state index >= 15 is 0 Å². The highest BCUT2D eigenvalue weighted by atomic mass is 35.5. The largest absolute Gasteiger partial charge is 0.327 e. The highest BCUT2D eigenvalue weighted by molar-refractivity contribution is 7.16. The molecule has 0 saturated heterocycles. The van der Waals surface area contributed by atoms with Gasteiger partial charge in [-0.15, -0.1) is 28.8 Å². The SMILES string of the molecule is CCc1nnsc1C(=O)Nc1nc2c(s1)C[C@@H](N)CC2.Cl. The Bertz CT molecular complexity index is 641. The predicted octanol–water partition coefficient (Wildman–Crippen LogP) is 2.05. The predicted molar refractivity (Wildman–Crippen MR) is 86.6 cm³/mol. The van der Waals surface area contributed by atoms with Crippen molar-refractivity contribution in [2.24, 2.45) is 5.73 Å². The third-order valence-electron chi connectivity index (χ3n) is 3.30. The number of nitrogens with two attached hydrogens (primary N) is 1. The zero-order valence-corrected chi connectivity index (χ0v) is 13.9. The highest BCUT2D eigenvalue weighted by Gasteiger charge is 2.22. The van der Waals surface area contributed by atoms with Gasteiger partial charge in [0.15, 0.2) is 5.13 Å². The lowest BCUT2D eigenvalue weighted by Crippen LogP contribution is -2.27. The van der Waals surface area contributed by atoms with Crippen LogP contribution in [0.1, 0.15) is 39.3 Å². The quantitative estimate of drug-likeness (QED) is 0.887. The first-order valence-corrected chi connectivity index (χ1v) is 8.13. The van der Waals surface area contributed by atoms with Gasteiger partial charge in [0, 0.05) is 10.9 Å². The molecule has 2 heterocycles. The van der Waals surface area contributed by atoms with Crippen LogP contribution in [-0.2, 0) is 19.3 Å². The maximum absolute atomic E-state index is 12.2. The van der Waals surface area contributed by atoms with Crippen LogP contribution in [0.15, 0.2) is 0 Å². The van der Waals surface area contributed by atoms with Crippen molar-refractivity contribution in [1.29, 1.82) is 0 Å². The summed E-state index contributed by atoms with van der Waals surface area (Å²) >= 11 is 2.64. The first-order chi connectivity index (χ1) is 9.67. The first-order valence-electron chi connectivity index (χ1n) is 6.54.